The Hall–Kier alpha value is -0.780. The Bertz CT molecular complexity index is 487. The van der Waals surface area contributed by atoms with Crippen molar-refractivity contribution in [3.63, 3.8) is 0 Å². The molecule has 0 aromatic heterocycles. The molecule has 0 bridgehead atoms. The van der Waals surface area contributed by atoms with E-state index in [4.69, 9.17) is 21.5 Å². The fourth-order valence-corrected chi connectivity index (χ4v) is 2.46. The zero-order chi connectivity index (χ0) is 13.1. The lowest BCUT2D eigenvalue weighted by molar-refractivity contribution is 0.272. The highest BCUT2D eigenvalue weighted by molar-refractivity contribution is 7.89. The van der Waals surface area contributed by atoms with E-state index in [2.05, 4.69) is 0 Å². The standard InChI is InChI=1S/C11H16ClNO3S/c1-8-3-4-10(12)11(5-8)16-6-9(2)7-17(13,14)15/h3-5,9H,6-7H2,1-2H3,(H2,13,14,15). The Kier molecular flexibility index (Phi) is 4.80. The molecule has 0 heterocycles. The largest absolute Gasteiger partial charge is 0.492 e. The van der Waals surface area contributed by atoms with Crippen LogP contribution in [0.15, 0.2) is 18.2 Å². The van der Waals surface area contributed by atoms with Gasteiger partial charge in [-0.25, -0.2) is 13.6 Å². The van der Waals surface area contributed by atoms with E-state index in [-0.39, 0.29) is 18.3 Å². The minimum Gasteiger partial charge on any atom is -0.492 e. The van der Waals surface area contributed by atoms with Crippen LogP contribution in [0.1, 0.15) is 12.5 Å². The van der Waals surface area contributed by atoms with E-state index < -0.39 is 10.0 Å². The van der Waals surface area contributed by atoms with Crippen molar-refractivity contribution in [3.8, 4) is 5.75 Å². The molecule has 0 radical (unpaired) electrons. The number of ether oxygens (including phenoxy) is 1. The van der Waals surface area contributed by atoms with Gasteiger partial charge in [-0.05, 0) is 24.6 Å². The third-order valence-electron chi connectivity index (χ3n) is 2.13. The van der Waals surface area contributed by atoms with Gasteiger partial charge in [0.1, 0.15) is 5.75 Å². The highest BCUT2D eigenvalue weighted by Gasteiger charge is 2.12. The maximum atomic E-state index is 10.9. The van der Waals surface area contributed by atoms with Crippen LogP contribution in [0.4, 0.5) is 0 Å². The van der Waals surface area contributed by atoms with Gasteiger partial charge >= 0.3 is 0 Å². The van der Waals surface area contributed by atoms with Gasteiger partial charge in [-0.1, -0.05) is 24.6 Å². The average molecular weight is 278 g/mol. The van der Waals surface area contributed by atoms with E-state index in [1.165, 1.54) is 0 Å². The van der Waals surface area contributed by atoms with Crippen molar-refractivity contribution in [3.05, 3.63) is 28.8 Å². The van der Waals surface area contributed by atoms with Gasteiger partial charge in [-0.2, -0.15) is 0 Å². The molecule has 96 valence electrons. The second kappa shape index (κ2) is 5.71. The lowest BCUT2D eigenvalue weighted by Crippen LogP contribution is -2.25. The summed E-state index contributed by atoms with van der Waals surface area (Å²) in [5, 5.41) is 5.46. The van der Waals surface area contributed by atoms with Crippen molar-refractivity contribution in [1.29, 1.82) is 0 Å². The molecule has 17 heavy (non-hydrogen) atoms. The number of primary sulfonamides is 1. The molecule has 4 nitrogen and oxygen atoms in total. The van der Waals surface area contributed by atoms with Crippen LogP contribution >= 0.6 is 11.6 Å². The first kappa shape index (κ1) is 14.3. The minimum absolute atomic E-state index is 0.101. The molecular weight excluding hydrogens is 262 g/mol. The van der Waals surface area contributed by atoms with Gasteiger partial charge in [-0.3, -0.25) is 0 Å². The summed E-state index contributed by atoms with van der Waals surface area (Å²) in [6.07, 6.45) is 0. The lowest BCUT2D eigenvalue weighted by Gasteiger charge is -2.13. The summed E-state index contributed by atoms with van der Waals surface area (Å²) in [5.74, 6) is 0.283. The normalized spacial score (nSPS) is 13.4. The quantitative estimate of drug-likeness (QED) is 0.894. The summed E-state index contributed by atoms with van der Waals surface area (Å²) in [6.45, 7) is 3.95. The Morgan fingerprint density at radius 2 is 2.12 bits per heavy atom. The molecule has 0 aliphatic rings. The molecule has 0 fully saturated rings. The van der Waals surface area contributed by atoms with E-state index in [9.17, 15) is 8.42 Å². The predicted molar refractivity (Wildman–Crippen MR) is 68.8 cm³/mol. The van der Waals surface area contributed by atoms with Gasteiger partial charge in [0, 0.05) is 5.92 Å². The maximum Gasteiger partial charge on any atom is 0.209 e. The van der Waals surface area contributed by atoms with Gasteiger partial charge in [0.05, 0.1) is 17.4 Å². The van der Waals surface area contributed by atoms with Crippen LogP contribution < -0.4 is 9.88 Å². The second-order valence-electron chi connectivity index (χ2n) is 4.18. The van der Waals surface area contributed by atoms with Crippen molar-refractivity contribution >= 4 is 21.6 Å². The molecule has 0 aliphatic carbocycles. The predicted octanol–water partition coefficient (Wildman–Crippen LogP) is 1.95. The third-order valence-corrected chi connectivity index (χ3v) is 3.47. The number of rotatable bonds is 5. The SMILES string of the molecule is Cc1ccc(Cl)c(OCC(C)CS(N)(=O)=O)c1. The van der Waals surface area contributed by atoms with Crippen molar-refractivity contribution in [1.82, 2.24) is 0 Å². The van der Waals surface area contributed by atoms with E-state index in [1.54, 1.807) is 13.0 Å². The van der Waals surface area contributed by atoms with Gasteiger partial charge in [0.15, 0.2) is 0 Å². The molecule has 1 aromatic rings. The van der Waals surface area contributed by atoms with Crippen LogP contribution in [-0.4, -0.2) is 20.8 Å². The Morgan fingerprint density at radius 1 is 1.47 bits per heavy atom. The molecule has 0 aliphatic heterocycles. The van der Waals surface area contributed by atoms with E-state index in [0.717, 1.165) is 5.56 Å². The molecule has 0 saturated heterocycles. The van der Waals surface area contributed by atoms with Crippen LogP contribution in [0.25, 0.3) is 0 Å². The van der Waals surface area contributed by atoms with Crippen LogP contribution in [0.2, 0.25) is 5.02 Å². The highest BCUT2D eigenvalue weighted by atomic mass is 35.5. The molecule has 1 rings (SSSR count). The smallest absolute Gasteiger partial charge is 0.209 e. The van der Waals surface area contributed by atoms with Crippen LogP contribution in [-0.2, 0) is 10.0 Å². The first-order valence-corrected chi connectivity index (χ1v) is 7.26. The third kappa shape index (κ3) is 5.39. The minimum atomic E-state index is -3.46. The first-order chi connectivity index (χ1) is 7.78. The fraction of sp³-hybridized carbons (Fsp3) is 0.455. The van der Waals surface area contributed by atoms with Crippen molar-refractivity contribution in [2.24, 2.45) is 11.1 Å². The second-order valence-corrected chi connectivity index (χ2v) is 6.25. The molecule has 6 heteroatoms. The summed E-state index contributed by atoms with van der Waals surface area (Å²) < 4.78 is 27.2. The molecule has 0 amide bonds. The fourth-order valence-electron chi connectivity index (χ4n) is 1.40. The van der Waals surface area contributed by atoms with Crippen LogP contribution in [0, 0.1) is 12.8 Å². The Labute approximate surface area is 107 Å². The Balaban J connectivity index is 2.58. The molecule has 1 atom stereocenters. The zero-order valence-electron chi connectivity index (χ0n) is 9.81. The van der Waals surface area contributed by atoms with Crippen molar-refractivity contribution in [2.75, 3.05) is 12.4 Å². The first-order valence-electron chi connectivity index (χ1n) is 5.17. The summed E-state index contributed by atoms with van der Waals surface area (Å²) in [5.41, 5.74) is 1.03. The number of hydrogen-bond donors (Lipinski definition) is 1. The van der Waals surface area contributed by atoms with Crippen LogP contribution in [0.3, 0.4) is 0 Å². The Morgan fingerprint density at radius 3 is 2.71 bits per heavy atom. The van der Waals surface area contributed by atoms with Gasteiger partial charge in [0.25, 0.3) is 0 Å². The highest BCUT2D eigenvalue weighted by Crippen LogP contribution is 2.25. The van der Waals surface area contributed by atoms with E-state index in [0.29, 0.717) is 10.8 Å². The average Bonchev–Trinajstić information content (AvgIpc) is 2.17. The van der Waals surface area contributed by atoms with Gasteiger partial charge < -0.3 is 4.74 Å². The summed E-state index contributed by atoms with van der Waals surface area (Å²) >= 11 is 5.94. The summed E-state index contributed by atoms with van der Waals surface area (Å²) in [4.78, 5) is 0. The molecule has 0 spiro atoms. The van der Waals surface area contributed by atoms with E-state index in [1.807, 2.05) is 19.1 Å². The summed E-state index contributed by atoms with van der Waals surface area (Å²) in [7, 11) is -3.46. The number of nitrogens with two attached hydrogens (primary N) is 1. The topological polar surface area (TPSA) is 69.4 Å². The van der Waals surface area contributed by atoms with Crippen LogP contribution in [0.5, 0.6) is 5.75 Å². The number of benzene rings is 1. The van der Waals surface area contributed by atoms with E-state index >= 15 is 0 Å². The number of sulfonamides is 1. The zero-order valence-corrected chi connectivity index (χ0v) is 11.4. The van der Waals surface area contributed by atoms with Gasteiger partial charge in [0.2, 0.25) is 10.0 Å². The van der Waals surface area contributed by atoms with Crippen molar-refractivity contribution in [2.45, 2.75) is 13.8 Å². The molecule has 2 N–H and O–H groups in total. The number of hydrogen-bond acceptors (Lipinski definition) is 3. The van der Waals surface area contributed by atoms with Gasteiger partial charge in [-0.15, -0.1) is 0 Å². The molecule has 0 saturated carbocycles. The molecule has 1 unspecified atom stereocenters. The summed E-state index contributed by atoms with van der Waals surface area (Å²) in [6, 6.07) is 5.44. The molecular formula is C11H16ClNO3S. The lowest BCUT2D eigenvalue weighted by atomic mass is 10.2. The monoisotopic (exact) mass is 277 g/mol. The number of aryl methyl sites for hydroxylation is 1. The number of halogens is 1. The molecule has 1 aromatic carbocycles. The maximum absolute atomic E-state index is 10.9. The van der Waals surface area contributed by atoms with Crippen molar-refractivity contribution < 1.29 is 13.2 Å².